The lowest BCUT2D eigenvalue weighted by molar-refractivity contribution is -0.140. The van der Waals surface area contributed by atoms with Gasteiger partial charge in [0.05, 0.1) is 5.02 Å². The van der Waals surface area contributed by atoms with Crippen LogP contribution in [0.1, 0.15) is 35.7 Å². The third-order valence-corrected chi connectivity index (χ3v) is 6.69. The minimum Gasteiger partial charge on any atom is -0.350 e. The Bertz CT molecular complexity index is 1290. The van der Waals surface area contributed by atoms with Crippen molar-refractivity contribution in [1.29, 1.82) is 0 Å². The van der Waals surface area contributed by atoms with E-state index in [0.717, 1.165) is 6.42 Å². The van der Waals surface area contributed by atoms with Crippen molar-refractivity contribution in [1.82, 2.24) is 24.8 Å². The molecule has 3 aromatic rings. The SMILES string of the molecule is CC(=O)c1cn(CC(=O)N2[C@@H]3C[C@@H]3C[C@H]2C(=O)NCc2cccc(Cl)c2F)c2ncncc12. The number of ketones is 1. The smallest absolute Gasteiger partial charge is 0.243 e. The average molecular weight is 470 g/mol. The second kappa shape index (κ2) is 8.22. The summed E-state index contributed by atoms with van der Waals surface area (Å²) in [6, 6.07) is 4.03. The first-order valence-corrected chi connectivity index (χ1v) is 11.0. The Hall–Kier alpha value is -3.33. The molecule has 1 saturated carbocycles. The molecule has 1 N–H and O–H groups in total. The normalized spacial score (nSPS) is 21.2. The lowest BCUT2D eigenvalue weighted by Crippen LogP contribution is -2.48. The van der Waals surface area contributed by atoms with E-state index in [-0.39, 0.29) is 47.3 Å². The predicted octanol–water partition coefficient (Wildman–Crippen LogP) is 2.73. The Kier molecular flexibility index (Phi) is 5.36. The number of piperidine rings is 1. The molecule has 10 heteroatoms. The Labute approximate surface area is 193 Å². The quantitative estimate of drug-likeness (QED) is 0.560. The van der Waals surface area contributed by atoms with Crippen molar-refractivity contribution in [2.24, 2.45) is 5.92 Å². The van der Waals surface area contributed by atoms with Gasteiger partial charge < -0.3 is 14.8 Å². The molecule has 1 aliphatic carbocycles. The van der Waals surface area contributed by atoms with Crippen LogP contribution in [0.15, 0.2) is 36.9 Å². The molecule has 3 heterocycles. The van der Waals surface area contributed by atoms with E-state index < -0.39 is 11.9 Å². The Balaban J connectivity index is 1.33. The number of aromatic nitrogens is 3. The van der Waals surface area contributed by atoms with Crippen LogP contribution in [0.5, 0.6) is 0 Å². The summed E-state index contributed by atoms with van der Waals surface area (Å²) < 4.78 is 15.8. The second-order valence-electron chi connectivity index (χ2n) is 8.53. The Morgan fingerprint density at radius 2 is 2.09 bits per heavy atom. The summed E-state index contributed by atoms with van der Waals surface area (Å²) in [5, 5.41) is 3.32. The number of hydrogen-bond donors (Lipinski definition) is 1. The highest BCUT2D eigenvalue weighted by atomic mass is 35.5. The van der Waals surface area contributed by atoms with Gasteiger partial charge in [-0.05, 0) is 31.7 Å². The highest BCUT2D eigenvalue weighted by molar-refractivity contribution is 6.30. The largest absolute Gasteiger partial charge is 0.350 e. The van der Waals surface area contributed by atoms with Crippen molar-refractivity contribution < 1.29 is 18.8 Å². The van der Waals surface area contributed by atoms with Gasteiger partial charge >= 0.3 is 0 Å². The van der Waals surface area contributed by atoms with Crippen LogP contribution in [-0.2, 0) is 22.7 Å². The third-order valence-electron chi connectivity index (χ3n) is 6.40. The van der Waals surface area contributed by atoms with Crippen LogP contribution < -0.4 is 5.32 Å². The summed E-state index contributed by atoms with van der Waals surface area (Å²) in [6.07, 6.45) is 5.97. The maximum atomic E-state index is 14.1. The van der Waals surface area contributed by atoms with E-state index in [1.165, 1.54) is 19.3 Å². The van der Waals surface area contributed by atoms with E-state index in [1.54, 1.807) is 34.0 Å². The number of carbonyl (C=O) groups is 3. The monoisotopic (exact) mass is 469 g/mol. The van der Waals surface area contributed by atoms with Gasteiger partial charge in [0.15, 0.2) is 5.78 Å². The zero-order valence-corrected chi connectivity index (χ0v) is 18.6. The van der Waals surface area contributed by atoms with E-state index in [9.17, 15) is 18.8 Å². The van der Waals surface area contributed by atoms with Crippen molar-refractivity contribution >= 4 is 40.2 Å². The number of fused-ring (bicyclic) bond motifs is 2. The molecule has 2 aromatic heterocycles. The van der Waals surface area contributed by atoms with Crippen LogP contribution in [-0.4, -0.2) is 49.1 Å². The number of hydrogen-bond acceptors (Lipinski definition) is 5. The van der Waals surface area contributed by atoms with Gasteiger partial charge in [0.2, 0.25) is 11.8 Å². The first-order valence-electron chi connectivity index (χ1n) is 10.7. The molecule has 2 aliphatic rings. The molecule has 2 fully saturated rings. The topological polar surface area (TPSA) is 97.2 Å². The van der Waals surface area contributed by atoms with Gasteiger partial charge in [0, 0.05) is 41.5 Å². The highest BCUT2D eigenvalue weighted by Gasteiger charge is 2.55. The number of nitrogens with one attached hydrogen (secondary N) is 1. The number of likely N-dealkylation sites (tertiary alicyclic amines) is 1. The molecule has 8 nitrogen and oxygen atoms in total. The van der Waals surface area contributed by atoms with Crippen LogP contribution in [0.2, 0.25) is 5.02 Å². The summed E-state index contributed by atoms with van der Waals surface area (Å²) in [4.78, 5) is 48.0. The van der Waals surface area contributed by atoms with E-state index in [4.69, 9.17) is 11.6 Å². The Morgan fingerprint density at radius 3 is 2.88 bits per heavy atom. The number of nitrogens with zero attached hydrogens (tertiary/aromatic N) is 4. The van der Waals surface area contributed by atoms with Crippen molar-refractivity contribution in [2.75, 3.05) is 0 Å². The van der Waals surface area contributed by atoms with Gasteiger partial charge in [-0.1, -0.05) is 23.7 Å². The molecule has 3 atom stereocenters. The number of Topliss-reactive ketones (excluding diaryl/α,β-unsaturated/α-hetero) is 1. The maximum Gasteiger partial charge on any atom is 0.243 e. The molecule has 0 bridgehead atoms. The van der Waals surface area contributed by atoms with Crippen molar-refractivity contribution in [3.05, 3.63) is 58.9 Å². The molecule has 1 saturated heterocycles. The maximum absolute atomic E-state index is 14.1. The first kappa shape index (κ1) is 21.5. The Morgan fingerprint density at radius 1 is 1.27 bits per heavy atom. The lowest BCUT2D eigenvalue weighted by atomic mass is 10.1. The third kappa shape index (κ3) is 3.86. The molecule has 0 unspecified atom stereocenters. The molecule has 33 heavy (non-hydrogen) atoms. The molecule has 0 spiro atoms. The van der Waals surface area contributed by atoms with Crippen LogP contribution in [0.3, 0.4) is 0 Å². The van der Waals surface area contributed by atoms with Gasteiger partial charge in [-0.25, -0.2) is 14.4 Å². The number of amides is 2. The lowest BCUT2D eigenvalue weighted by Gasteiger charge is -2.27. The van der Waals surface area contributed by atoms with Gasteiger partial charge in [0.25, 0.3) is 0 Å². The minimum absolute atomic E-state index is 0.00615. The number of carbonyl (C=O) groups excluding carboxylic acids is 3. The number of halogens is 2. The standard InChI is InChI=1S/C23H21ClFN5O3/c1-12(31)16-9-29(22-15(16)8-26-11-28-22)10-20(32)30-18-5-14(18)6-19(30)23(33)27-7-13-3-2-4-17(24)21(13)25/h2-4,8-9,11,14,18-19H,5-7,10H2,1H3,(H,27,33)/t14-,18-,19+/m1/s1. The second-order valence-corrected chi connectivity index (χ2v) is 8.94. The molecule has 5 rings (SSSR count). The van der Waals surface area contributed by atoms with Gasteiger partial charge in [0.1, 0.15) is 30.4 Å². The van der Waals surface area contributed by atoms with E-state index >= 15 is 0 Å². The summed E-state index contributed by atoms with van der Waals surface area (Å²) >= 11 is 5.81. The van der Waals surface area contributed by atoms with Crippen LogP contribution in [0.25, 0.3) is 11.0 Å². The minimum atomic E-state index is -0.618. The zero-order valence-electron chi connectivity index (χ0n) is 17.8. The van der Waals surface area contributed by atoms with Gasteiger partial charge in [-0.2, -0.15) is 0 Å². The van der Waals surface area contributed by atoms with Gasteiger partial charge in [-0.15, -0.1) is 0 Å². The van der Waals surface area contributed by atoms with E-state index in [1.807, 2.05) is 0 Å². The summed E-state index contributed by atoms with van der Waals surface area (Å²) in [5.41, 5.74) is 1.22. The number of benzene rings is 1. The summed E-state index contributed by atoms with van der Waals surface area (Å²) in [6.45, 7) is 1.39. The average Bonchev–Trinajstić information content (AvgIpc) is 3.30. The molecular formula is C23H21ClFN5O3. The molecule has 2 amide bonds. The van der Waals surface area contributed by atoms with Crippen molar-refractivity contribution in [3.63, 3.8) is 0 Å². The molecule has 1 aliphatic heterocycles. The first-order chi connectivity index (χ1) is 15.8. The predicted molar refractivity (Wildman–Crippen MR) is 118 cm³/mol. The van der Waals surface area contributed by atoms with E-state index in [2.05, 4.69) is 15.3 Å². The van der Waals surface area contributed by atoms with Crippen LogP contribution in [0.4, 0.5) is 4.39 Å². The van der Waals surface area contributed by atoms with Crippen LogP contribution in [0, 0.1) is 11.7 Å². The van der Waals surface area contributed by atoms with Crippen molar-refractivity contribution in [2.45, 2.75) is 44.9 Å². The zero-order chi connectivity index (χ0) is 23.3. The molecule has 0 radical (unpaired) electrons. The van der Waals surface area contributed by atoms with E-state index in [0.29, 0.717) is 28.9 Å². The summed E-state index contributed by atoms with van der Waals surface area (Å²) in [5.74, 6) is -0.956. The fraction of sp³-hybridized carbons (Fsp3) is 0.348. The molecule has 1 aromatic carbocycles. The number of rotatable bonds is 6. The molecular weight excluding hydrogens is 449 g/mol. The fourth-order valence-corrected chi connectivity index (χ4v) is 4.89. The highest BCUT2D eigenvalue weighted by Crippen LogP contribution is 2.48. The fourth-order valence-electron chi connectivity index (χ4n) is 4.69. The summed E-state index contributed by atoms with van der Waals surface area (Å²) in [7, 11) is 0. The van der Waals surface area contributed by atoms with Crippen molar-refractivity contribution in [3.8, 4) is 0 Å². The van der Waals surface area contributed by atoms with Gasteiger partial charge in [-0.3, -0.25) is 14.4 Å². The van der Waals surface area contributed by atoms with Crippen LogP contribution >= 0.6 is 11.6 Å². The molecule has 170 valence electrons.